The standard InChI is InChI=1S/C24H16F2N2O2S/c25-17-7-3-5-15(11-17)13-28-21(12-16-6-1-2-8-19(16)26)27-23-22(24(28)29)18(14-31-23)20-9-4-10-30-20/h1-11,14H,12-13H2. The fourth-order valence-electron chi connectivity index (χ4n) is 3.61. The Morgan fingerprint density at radius 1 is 1.03 bits per heavy atom. The van der Waals surface area contributed by atoms with Crippen LogP contribution in [0.3, 0.4) is 0 Å². The molecule has 0 saturated carbocycles. The first-order valence-corrected chi connectivity index (χ1v) is 10.5. The van der Waals surface area contributed by atoms with E-state index in [4.69, 9.17) is 9.40 Å². The van der Waals surface area contributed by atoms with Gasteiger partial charge in [0.25, 0.3) is 5.56 Å². The number of fused-ring (bicyclic) bond motifs is 1. The van der Waals surface area contributed by atoms with E-state index < -0.39 is 0 Å². The minimum atomic E-state index is -0.387. The van der Waals surface area contributed by atoms with E-state index in [9.17, 15) is 13.6 Å². The van der Waals surface area contributed by atoms with Crippen molar-refractivity contribution in [2.24, 2.45) is 0 Å². The molecule has 3 heterocycles. The number of rotatable bonds is 5. The van der Waals surface area contributed by atoms with Gasteiger partial charge in [0.15, 0.2) is 0 Å². The molecule has 0 fully saturated rings. The smallest absolute Gasteiger partial charge is 0.263 e. The molecule has 0 bridgehead atoms. The Balaban J connectivity index is 1.71. The van der Waals surface area contributed by atoms with Crippen molar-refractivity contribution in [3.05, 3.63) is 111 Å². The number of halogens is 2. The maximum absolute atomic E-state index is 14.3. The number of benzene rings is 2. The lowest BCUT2D eigenvalue weighted by Gasteiger charge is -2.14. The van der Waals surface area contributed by atoms with Gasteiger partial charge < -0.3 is 4.42 Å². The van der Waals surface area contributed by atoms with E-state index in [2.05, 4.69) is 0 Å². The fraction of sp³-hybridized carbons (Fsp3) is 0.0833. The average molecular weight is 434 g/mol. The highest BCUT2D eigenvalue weighted by Gasteiger charge is 2.19. The number of furan rings is 1. The Labute approximate surface area is 180 Å². The summed E-state index contributed by atoms with van der Waals surface area (Å²) in [5.41, 5.74) is 1.44. The van der Waals surface area contributed by atoms with E-state index in [1.165, 1.54) is 34.1 Å². The molecule has 5 aromatic rings. The minimum absolute atomic E-state index is 0.122. The fourth-order valence-corrected chi connectivity index (χ4v) is 4.54. The number of thiophene rings is 1. The van der Waals surface area contributed by atoms with E-state index >= 15 is 0 Å². The molecule has 0 aliphatic carbocycles. The van der Waals surface area contributed by atoms with Crippen LogP contribution in [-0.2, 0) is 13.0 Å². The van der Waals surface area contributed by atoms with Crippen molar-refractivity contribution >= 4 is 21.6 Å². The zero-order valence-corrected chi connectivity index (χ0v) is 17.0. The van der Waals surface area contributed by atoms with Gasteiger partial charge in [-0.1, -0.05) is 30.3 Å². The number of hydrogen-bond acceptors (Lipinski definition) is 4. The summed E-state index contributed by atoms with van der Waals surface area (Å²) in [5, 5.41) is 2.27. The second kappa shape index (κ2) is 7.92. The Morgan fingerprint density at radius 2 is 1.90 bits per heavy atom. The molecule has 0 aliphatic rings. The second-order valence-corrected chi connectivity index (χ2v) is 7.98. The first-order valence-electron chi connectivity index (χ1n) is 9.63. The third-order valence-electron chi connectivity index (χ3n) is 5.10. The van der Waals surface area contributed by atoms with E-state index in [0.29, 0.717) is 38.5 Å². The molecule has 7 heteroatoms. The maximum atomic E-state index is 14.3. The van der Waals surface area contributed by atoms with Crippen molar-refractivity contribution in [3.8, 4) is 11.3 Å². The van der Waals surface area contributed by atoms with Gasteiger partial charge >= 0.3 is 0 Å². The highest BCUT2D eigenvalue weighted by atomic mass is 32.1. The van der Waals surface area contributed by atoms with Crippen molar-refractivity contribution in [1.29, 1.82) is 0 Å². The van der Waals surface area contributed by atoms with Gasteiger partial charge in [0, 0.05) is 17.4 Å². The lowest BCUT2D eigenvalue weighted by atomic mass is 10.1. The first-order chi connectivity index (χ1) is 15.1. The summed E-state index contributed by atoms with van der Waals surface area (Å²) >= 11 is 1.33. The van der Waals surface area contributed by atoms with Crippen LogP contribution in [0.2, 0.25) is 0 Å². The molecule has 0 spiro atoms. The molecule has 154 valence electrons. The quantitative estimate of drug-likeness (QED) is 0.360. The molecule has 0 amide bonds. The molecule has 0 radical (unpaired) electrons. The zero-order chi connectivity index (χ0) is 21.4. The molecular formula is C24H16F2N2O2S. The van der Waals surface area contributed by atoms with Crippen LogP contribution < -0.4 is 5.56 Å². The lowest BCUT2D eigenvalue weighted by Crippen LogP contribution is -2.26. The molecule has 4 nitrogen and oxygen atoms in total. The van der Waals surface area contributed by atoms with Crippen LogP contribution in [0.15, 0.2) is 81.5 Å². The van der Waals surface area contributed by atoms with Gasteiger partial charge in [-0.3, -0.25) is 9.36 Å². The third-order valence-corrected chi connectivity index (χ3v) is 5.97. The van der Waals surface area contributed by atoms with Gasteiger partial charge in [-0.25, -0.2) is 13.8 Å². The largest absolute Gasteiger partial charge is 0.464 e. The van der Waals surface area contributed by atoms with Gasteiger partial charge in [0.05, 0.1) is 18.2 Å². The third kappa shape index (κ3) is 3.68. The highest BCUT2D eigenvalue weighted by molar-refractivity contribution is 7.17. The molecule has 31 heavy (non-hydrogen) atoms. The zero-order valence-electron chi connectivity index (χ0n) is 16.2. The number of nitrogens with zero attached hydrogens (tertiary/aromatic N) is 2. The summed E-state index contributed by atoms with van der Waals surface area (Å²) in [7, 11) is 0. The van der Waals surface area contributed by atoms with Crippen molar-refractivity contribution < 1.29 is 13.2 Å². The monoisotopic (exact) mass is 434 g/mol. The summed E-state index contributed by atoms with van der Waals surface area (Å²) in [6, 6.07) is 16.0. The SMILES string of the molecule is O=c1c2c(-c3ccco3)csc2nc(Cc2ccccc2F)n1Cc1cccc(F)c1. The summed E-state index contributed by atoms with van der Waals surface area (Å²) in [6.07, 6.45) is 1.69. The number of hydrogen-bond donors (Lipinski definition) is 0. The van der Waals surface area contributed by atoms with Crippen molar-refractivity contribution in [1.82, 2.24) is 9.55 Å². The maximum Gasteiger partial charge on any atom is 0.263 e. The van der Waals surface area contributed by atoms with Crippen molar-refractivity contribution in [2.75, 3.05) is 0 Å². The lowest BCUT2D eigenvalue weighted by molar-refractivity contribution is 0.583. The Morgan fingerprint density at radius 3 is 2.68 bits per heavy atom. The Kier molecular flexibility index (Phi) is 4.95. The molecule has 0 unspecified atom stereocenters. The van der Waals surface area contributed by atoms with E-state index in [1.807, 2.05) is 5.38 Å². The molecular weight excluding hydrogens is 418 g/mol. The van der Waals surface area contributed by atoms with Crippen LogP contribution in [0.1, 0.15) is 17.0 Å². The molecule has 0 atom stereocenters. The molecule has 5 rings (SSSR count). The predicted octanol–water partition coefficient (Wildman–Crippen LogP) is 5.64. The van der Waals surface area contributed by atoms with E-state index in [-0.39, 0.29) is 30.2 Å². The van der Waals surface area contributed by atoms with Crippen LogP contribution in [0.4, 0.5) is 8.78 Å². The molecule has 0 aliphatic heterocycles. The van der Waals surface area contributed by atoms with Crippen LogP contribution >= 0.6 is 11.3 Å². The second-order valence-electron chi connectivity index (χ2n) is 7.12. The van der Waals surface area contributed by atoms with Crippen molar-refractivity contribution in [2.45, 2.75) is 13.0 Å². The van der Waals surface area contributed by atoms with Gasteiger partial charge in [-0.2, -0.15) is 0 Å². The van der Waals surface area contributed by atoms with Crippen LogP contribution in [0.25, 0.3) is 21.5 Å². The predicted molar refractivity (Wildman–Crippen MR) is 116 cm³/mol. The summed E-state index contributed by atoms with van der Waals surface area (Å²) < 4.78 is 35.1. The van der Waals surface area contributed by atoms with E-state index in [1.54, 1.807) is 48.7 Å². The Bertz CT molecular complexity index is 1440. The normalized spacial score (nSPS) is 11.3. The Hall–Kier alpha value is -3.58. The van der Waals surface area contributed by atoms with Crippen LogP contribution in [0.5, 0.6) is 0 Å². The molecule has 3 aromatic heterocycles. The topological polar surface area (TPSA) is 48.0 Å². The summed E-state index contributed by atoms with van der Waals surface area (Å²) in [6.45, 7) is 0.122. The van der Waals surface area contributed by atoms with Crippen molar-refractivity contribution in [3.63, 3.8) is 0 Å². The van der Waals surface area contributed by atoms with Crippen LogP contribution in [-0.4, -0.2) is 9.55 Å². The highest BCUT2D eigenvalue weighted by Crippen LogP contribution is 2.31. The van der Waals surface area contributed by atoms with Gasteiger partial charge in [-0.15, -0.1) is 11.3 Å². The first kappa shape index (κ1) is 19.4. The molecule has 0 N–H and O–H groups in total. The average Bonchev–Trinajstić information content (AvgIpc) is 3.42. The molecule has 2 aromatic carbocycles. The summed E-state index contributed by atoms with van der Waals surface area (Å²) in [5.74, 6) is 0.239. The minimum Gasteiger partial charge on any atom is -0.464 e. The van der Waals surface area contributed by atoms with Gasteiger partial charge in [0.1, 0.15) is 28.0 Å². The summed E-state index contributed by atoms with van der Waals surface area (Å²) in [4.78, 5) is 18.8. The number of aromatic nitrogens is 2. The van der Waals surface area contributed by atoms with Gasteiger partial charge in [0.2, 0.25) is 0 Å². The molecule has 0 saturated heterocycles. The van der Waals surface area contributed by atoms with Crippen LogP contribution in [0, 0.1) is 11.6 Å². The van der Waals surface area contributed by atoms with E-state index in [0.717, 1.165) is 0 Å². The van der Waals surface area contributed by atoms with Gasteiger partial charge in [-0.05, 0) is 41.5 Å².